The lowest BCUT2D eigenvalue weighted by Gasteiger charge is -2.29. The van der Waals surface area contributed by atoms with Crippen LogP contribution in [0.25, 0.3) is 0 Å². The zero-order chi connectivity index (χ0) is 15.8. The Labute approximate surface area is 132 Å². The molecule has 5 nitrogen and oxygen atoms in total. The highest BCUT2D eigenvalue weighted by Crippen LogP contribution is 2.10. The van der Waals surface area contributed by atoms with E-state index < -0.39 is 0 Å². The van der Waals surface area contributed by atoms with Crippen LogP contribution in [-0.2, 0) is 11.3 Å². The molecule has 3 N–H and O–H groups in total. The van der Waals surface area contributed by atoms with Crippen molar-refractivity contribution in [3.05, 3.63) is 29.8 Å². The molecule has 1 aromatic carbocycles. The molecule has 0 atom stereocenters. The molecule has 0 spiro atoms. The third-order valence-electron chi connectivity index (χ3n) is 4.08. The summed E-state index contributed by atoms with van der Waals surface area (Å²) in [6.45, 7) is 6.09. The minimum atomic E-state index is 0.0477. The van der Waals surface area contributed by atoms with Crippen LogP contribution in [0.15, 0.2) is 24.3 Å². The third-order valence-corrected chi connectivity index (χ3v) is 4.08. The van der Waals surface area contributed by atoms with Crippen molar-refractivity contribution in [2.75, 3.05) is 46.4 Å². The second-order valence-corrected chi connectivity index (χ2v) is 5.68. The molecule has 1 heterocycles. The number of carbonyl (C=O) groups is 1. The number of terminal acetylenes is 1. The van der Waals surface area contributed by atoms with Crippen molar-refractivity contribution in [3.63, 3.8) is 0 Å². The first-order chi connectivity index (χ1) is 10.7. The number of hydrogen-bond donors (Lipinski definition) is 3. The van der Waals surface area contributed by atoms with Crippen molar-refractivity contribution in [2.24, 2.45) is 0 Å². The smallest absolute Gasteiger partial charge is 0.275 e. The molecule has 2 rings (SSSR count). The van der Waals surface area contributed by atoms with Gasteiger partial charge in [0.2, 0.25) is 0 Å². The molecule has 0 aliphatic carbocycles. The SMILES string of the molecule is C#CCNC(=O)C[NH+]1CC[NH+](Cc2ccc(OC)cc2)CC1. The summed E-state index contributed by atoms with van der Waals surface area (Å²) in [6, 6.07) is 8.26. The van der Waals surface area contributed by atoms with Gasteiger partial charge in [-0.2, -0.15) is 0 Å². The summed E-state index contributed by atoms with van der Waals surface area (Å²) in [5.74, 6) is 3.37. The number of quaternary nitrogens is 2. The van der Waals surface area contributed by atoms with Crippen LogP contribution in [0.5, 0.6) is 5.75 Å². The molecule has 118 valence electrons. The van der Waals surface area contributed by atoms with Gasteiger partial charge in [-0.15, -0.1) is 6.42 Å². The first-order valence-electron chi connectivity index (χ1n) is 7.71. The number of methoxy groups -OCH3 is 1. The maximum Gasteiger partial charge on any atom is 0.275 e. The lowest BCUT2D eigenvalue weighted by Crippen LogP contribution is -3.28. The lowest BCUT2D eigenvalue weighted by atomic mass is 10.2. The summed E-state index contributed by atoms with van der Waals surface area (Å²) < 4.78 is 5.18. The number of ether oxygens (including phenoxy) is 1. The minimum Gasteiger partial charge on any atom is -0.497 e. The van der Waals surface area contributed by atoms with Gasteiger partial charge < -0.3 is 19.9 Å². The van der Waals surface area contributed by atoms with Crippen molar-refractivity contribution < 1.29 is 19.3 Å². The maximum atomic E-state index is 11.7. The lowest BCUT2D eigenvalue weighted by molar-refractivity contribution is -1.02. The molecule has 1 fully saturated rings. The number of hydrogen-bond acceptors (Lipinski definition) is 2. The zero-order valence-corrected chi connectivity index (χ0v) is 13.2. The average molecular weight is 303 g/mol. The van der Waals surface area contributed by atoms with E-state index in [9.17, 15) is 4.79 Å². The Hall–Kier alpha value is -2.03. The van der Waals surface area contributed by atoms with Crippen molar-refractivity contribution in [1.29, 1.82) is 0 Å². The van der Waals surface area contributed by atoms with Crippen LogP contribution in [0.1, 0.15) is 5.56 Å². The van der Waals surface area contributed by atoms with E-state index in [-0.39, 0.29) is 5.91 Å². The standard InChI is InChI=1S/C17H23N3O2/c1-3-8-18-17(21)14-20-11-9-19(10-12-20)13-15-4-6-16(22-2)7-5-15/h1,4-7H,8-14H2,2H3,(H,18,21)/p+2. The number of amides is 1. The predicted octanol–water partition coefficient (Wildman–Crippen LogP) is -2.27. The van der Waals surface area contributed by atoms with Crippen molar-refractivity contribution in [3.8, 4) is 18.1 Å². The normalized spacial score (nSPS) is 20.9. The van der Waals surface area contributed by atoms with Gasteiger partial charge in [0.1, 0.15) is 38.5 Å². The van der Waals surface area contributed by atoms with Gasteiger partial charge in [-0.05, 0) is 24.3 Å². The Morgan fingerprint density at radius 1 is 1.23 bits per heavy atom. The fourth-order valence-electron chi connectivity index (χ4n) is 2.78. The van der Waals surface area contributed by atoms with Crippen LogP contribution in [-0.4, -0.2) is 52.3 Å². The van der Waals surface area contributed by atoms with Gasteiger partial charge in [0.25, 0.3) is 5.91 Å². The molecular formula is C17H25N3O2+2. The molecule has 1 aromatic rings. The average Bonchev–Trinajstić information content (AvgIpc) is 2.55. The fourth-order valence-corrected chi connectivity index (χ4v) is 2.78. The quantitative estimate of drug-likeness (QED) is 0.519. The first kappa shape index (κ1) is 16.3. The summed E-state index contributed by atoms with van der Waals surface area (Å²) in [4.78, 5) is 14.6. The number of piperazine rings is 1. The van der Waals surface area contributed by atoms with Gasteiger partial charge in [0, 0.05) is 5.56 Å². The predicted molar refractivity (Wildman–Crippen MR) is 84.8 cm³/mol. The Morgan fingerprint density at radius 2 is 1.86 bits per heavy atom. The van der Waals surface area contributed by atoms with Crippen LogP contribution in [0.4, 0.5) is 0 Å². The molecule has 0 saturated carbocycles. The molecule has 0 unspecified atom stereocenters. The van der Waals surface area contributed by atoms with E-state index in [1.54, 1.807) is 12.0 Å². The Balaban J connectivity index is 1.72. The van der Waals surface area contributed by atoms with Gasteiger partial charge in [-0.1, -0.05) is 5.92 Å². The van der Waals surface area contributed by atoms with Gasteiger partial charge in [-0.25, -0.2) is 0 Å². The highest BCUT2D eigenvalue weighted by Gasteiger charge is 2.24. The van der Waals surface area contributed by atoms with E-state index in [0.717, 1.165) is 38.5 Å². The Kier molecular flexibility index (Phi) is 6.26. The van der Waals surface area contributed by atoms with E-state index in [0.29, 0.717) is 13.1 Å². The van der Waals surface area contributed by atoms with E-state index >= 15 is 0 Å². The maximum absolute atomic E-state index is 11.7. The van der Waals surface area contributed by atoms with Crippen LogP contribution in [0, 0.1) is 12.3 Å². The second-order valence-electron chi connectivity index (χ2n) is 5.68. The van der Waals surface area contributed by atoms with Crippen molar-refractivity contribution in [2.45, 2.75) is 6.54 Å². The summed E-state index contributed by atoms with van der Waals surface area (Å²) in [5, 5.41) is 2.73. The molecule has 1 saturated heterocycles. The second kappa shape index (κ2) is 8.42. The summed E-state index contributed by atoms with van der Waals surface area (Å²) >= 11 is 0. The molecule has 0 radical (unpaired) electrons. The number of carbonyl (C=O) groups excluding carboxylic acids is 1. The molecule has 0 bridgehead atoms. The number of nitrogens with one attached hydrogen (secondary N) is 3. The van der Waals surface area contributed by atoms with E-state index in [1.165, 1.54) is 10.5 Å². The topological polar surface area (TPSA) is 47.2 Å². The molecule has 22 heavy (non-hydrogen) atoms. The Morgan fingerprint density at radius 3 is 2.45 bits per heavy atom. The molecular weight excluding hydrogens is 278 g/mol. The van der Waals surface area contributed by atoms with Gasteiger partial charge in [0.05, 0.1) is 13.7 Å². The van der Waals surface area contributed by atoms with Crippen LogP contribution >= 0.6 is 0 Å². The van der Waals surface area contributed by atoms with Gasteiger partial charge >= 0.3 is 0 Å². The summed E-state index contributed by atoms with van der Waals surface area (Å²) in [7, 11) is 1.68. The van der Waals surface area contributed by atoms with Gasteiger partial charge in [0.15, 0.2) is 6.54 Å². The van der Waals surface area contributed by atoms with Gasteiger partial charge in [-0.3, -0.25) is 4.79 Å². The van der Waals surface area contributed by atoms with E-state index in [1.807, 2.05) is 12.1 Å². The van der Waals surface area contributed by atoms with E-state index in [2.05, 4.69) is 23.4 Å². The Bertz CT molecular complexity index is 514. The first-order valence-corrected chi connectivity index (χ1v) is 7.71. The monoisotopic (exact) mass is 303 g/mol. The fraction of sp³-hybridized carbons (Fsp3) is 0.471. The molecule has 5 heteroatoms. The highest BCUT2D eigenvalue weighted by atomic mass is 16.5. The zero-order valence-electron chi connectivity index (χ0n) is 13.2. The van der Waals surface area contributed by atoms with E-state index in [4.69, 9.17) is 11.2 Å². The molecule has 0 aromatic heterocycles. The minimum absolute atomic E-state index is 0.0477. The van der Waals surface area contributed by atoms with Crippen LogP contribution in [0.2, 0.25) is 0 Å². The third kappa shape index (κ3) is 5.06. The summed E-state index contributed by atoms with van der Waals surface area (Å²) in [5.41, 5.74) is 1.33. The molecule has 1 aliphatic rings. The molecule has 1 amide bonds. The van der Waals surface area contributed by atoms with Crippen molar-refractivity contribution >= 4 is 5.91 Å². The number of benzene rings is 1. The highest BCUT2D eigenvalue weighted by molar-refractivity contribution is 5.77. The number of rotatable bonds is 6. The van der Waals surface area contributed by atoms with Crippen LogP contribution < -0.4 is 19.9 Å². The summed E-state index contributed by atoms with van der Waals surface area (Å²) in [6.07, 6.45) is 5.14. The molecule has 1 aliphatic heterocycles. The van der Waals surface area contributed by atoms with Crippen LogP contribution in [0.3, 0.4) is 0 Å². The van der Waals surface area contributed by atoms with Crippen molar-refractivity contribution in [1.82, 2.24) is 5.32 Å². The largest absolute Gasteiger partial charge is 0.497 e.